The van der Waals surface area contributed by atoms with E-state index in [4.69, 9.17) is 5.26 Å². The molecule has 0 aliphatic rings. The summed E-state index contributed by atoms with van der Waals surface area (Å²) in [5.41, 5.74) is -3.48. The van der Waals surface area contributed by atoms with Crippen LogP contribution < -0.4 is 0 Å². The average molecular weight is 309 g/mol. The van der Waals surface area contributed by atoms with Gasteiger partial charge < -0.3 is 0 Å². The quantitative estimate of drug-likeness (QED) is 0.781. The zero-order valence-electron chi connectivity index (χ0n) is 10.6. The zero-order valence-corrected chi connectivity index (χ0v) is 10.6. The van der Waals surface area contributed by atoms with Crippen LogP contribution in [0.15, 0.2) is 18.2 Å². The summed E-state index contributed by atoms with van der Waals surface area (Å²) in [7, 11) is 0. The monoisotopic (exact) mass is 309 g/mol. The van der Waals surface area contributed by atoms with E-state index in [0.29, 0.717) is 12.1 Å². The van der Waals surface area contributed by atoms with Gasteiger partial charge in [0.2, 0.25) is 0 Å². The molecule has 0 saturated carbocycles. The number of carbonyl (C=O) groups excluding carboxylic acids is 1. The van der Waals surface area contributed by atoms with Crippen LogP contribution in [0.2, 0.25) is 0 Å². The number of hydrogen-bond acceptors (Lipinski definition) is 2. The molecule has 0 bridgehead atoms. The first-order valence-corrected chi connectivity index (χ1v) is 5.63. The third kappa shape index (κ3) is 4.48. The van der Waals surface area contributed by atoms with Crippen LogP contribution in [-0.2, 0) is 17.1 Å². The fourth-order valence-corrected chi connectivity index (χ4v) is 1.71. The zero-order chi connectivity index (χ0) is 16.4. The van der Waals surface area contributed by atoms with E-state index in [1.807, 2.05) is 0 Å². The molecule has 0 aliphatic carbocycles. The lowest BCUT2D eigenvalue weighted by molar-refractivity contribution is -0.143. The Morgan fingerprint density at radius 1 is 1.10 bits per heavy atom. The van der Waals surface area contributed by atoms with E-state index in [1.54, 1.807) is 6.07 Å². The van der Waals surface area contributed by atoms with Gasteiger partial charge in [-0.05, 0) is 30.7 Å². The van der Waals surface area contributed by atoms with E-state index in [1.165, 1.54) is 0 Å². The van der Waals surface area contributed by atoms with Gasteiger partial charge in [-0.25, -0.2) is 0 Å². The lowest BCUT2D eigenvalue weighted by Crippen LogP contribution is -2.13. The van der Waals surface area contributed by atoms with Crippen molar-refractivity contribution in [2.45, 2.75) is 31.6 Å². The van der Waals surface area contributed by atoms with Gasteiger partial charge in [0, 0.05) is 6.42 Å². The largest absolute Gasteiger partial charge is 0.416 e. The Balaban J connectivity index is 3.45. The highest BCUT2D eigenvalue weighted by Gasteiger charge is 2.37. The molecule has 1 aromatic rings. The maximum absolute atomic E-state index is 12.6. The molecule has 114 valence electrons. The first-order chi connectivity index (χ1) is 9.45. The summed E-state index contributed by atoms with van der Waals surface area (Å²) < 4.78 is 75.9. The van der Waals surface area contributed by atoms with Gasteiger partial charge in [0.25, 0.3) is 0 Å². The van der Waals surface area contributed by atoms with Crippen LogP contribution in [0.3, 0.4) is 0 Å². The number of hydrogen-bond donors (Lipinski definition) is 0. The summed E-state index contributed by atoms with van der Waals surface area (Å²) in [5, 5.41) is 8.85. The first-order valence-electron chi connectivity index (χ1n) is 5.63. The highest BCUT2D eigenvalue weighted by atomic mass is 19.4. The Morgan fingerprint density at radius 3 is 1.81 bits per heavy atom. The molecule has 1 aromatic carbocycles. The Labute approximate surface area is 116 Å². The van der Waals surface area contributed by atoms with Crippen LogP contribution in [0.1, 0.15) is 36.0 Å². The molecular weight excluding hydrogens is 300 g/mol. The first kappa shape index (κ1) is 17.0. The standard InChI is InChI=1S/C13H9F6NO/c1-7(21)2-9(6-20)8-3-10(12(14,15)16)5-11(4-8)13(17,18)19/h3-5,9H,2H2,1H3. The second-order valence-electron chi connectivity index (χ2n) is 4.43. The average Bonchev–Trinajstić information content (AvgIpc) is 2.33. The molecule has 0 saturated heterocycles. The Kier molecular flexibility index (Phi) is 4.66. The predicted molar refractivity (Wildman–Crippen MR) is 60.1 cm³/mol. The van der Waals surface area contributed by atoms with Gasteiger partial charge in [-0.15, -0.1) is 0 Å². The van der Waals surface area contributed by atoms with Crippen molar-refractivity contribution in [3.05, 3.63) is 34.9 Å². The van der Waals surface area contributed by atoms with Crippen molar-refractivity contribution in [2.75, 3.05) is 0 Å². The van der Waals surface area contributed by atoms with Crippen LogP contribution in [0.4, 0.5) is 26.3 Å². The lowest BCUT2D eigenvalue weighted by Gasteiger charge is -2.16. The number of rotatable bonds is 3. The smallest absolute Gasteiger partial charge is 0.300 e. The summed E-state index contributed by atoms with van der Waals surface area (Å²) in [6.45, 7) is 1.10. The third-order valence-electron chi connectivity index (χ3n) is 2.66. The van der Waals surface area contributed by atoms with Crippen molar-refractivity contribution in [1.29, 1.82) is 5.26 Å². The summed E-state index contributed by atoms with van der Waals surface area (Å²) in [5.74, 6) is -1.86. The maximum Gasteiger partial charge on any atom is 0.416 e. The van der Waals surface area contributed by atoms with Crippen molar-refractivity contribution in [3.63, 3.8) is 0 Å². The molecule has 1 atom stereocenters. The predicted octanol–water partition coefficient (Wildman–Crippen LogP) is 4.31. The SMILES string of the molecule is CC(=O)CC(C#N)c1cc(C(F)(F)F)cc(C(F)(F)F)c1. The highest BCUT2D eigenvalue weighted by Crippen LogP contribution is 2.38. The molecular formula is C13H9F6NO. The second-order valence-corrected chi connectivity index (χ2v) is 4.43. The molecule has 0 aliphatic heterocycles. The van der Waals surface area contributed by atoms with Gasteiger partial charge in [0.05, 0.1) is 23.1 Å². The highest BCUT2D eigenvalue weighted by molar-refractivity contribution is 5.77. The fraction of sp³-hybridized carbons (Fsp3) is 0.385. The van der Waals surface area contributed by atoms with Gasteiger partial charge >= 0.3 is 12.4 Å². The number of ketones is 1. The molecule has 0 N–H and O–H groups in total. The molecule has 1 unspecified atom stereocenters. The minimum atomic E-state index is -4.98. The molecule has 0 spiro atoms. The normalized spacial score (nSPS) is 13.6. The second kappa shape index (κ2) is 5.76. The summed E-state index contributed by atoms with van der Waals surface area (Å²) >= 11 is 0. The Morgan fingerprint density at radius 2 is 1.52 bits per heavy atom. The molecule has 2 nitrogen and oxygen atoms in total. The summed E-state index contributed by atoms with van der Waals surface area (Å²) in [4.78, 5) is 11.0. The molecule has 1 rings (SSSR count). The Hall–Kier alpha value is -2.04. The van der Waals surface area contributed by atoms with Crippen LogP contribution in [0, 0.1) is 11.3 Å². The van der Waals surface area contributed by atoms with E-state index < -0.39 is 47.2 Å². The van der Waals surface area contributed by atoms with Crippen LogP contribution in [0.5, 0.6) is 0 Å². The fourth-order valence-electron chi connectivity index (χ4n) is 1.71. The van der Waals surface area contributed by atoms with Gasteiger partial charge in [-0.2, -0.15) is 31.6 Å². The van der Waals surface area contributed by atoms with Crippen molar-refractivity contribution >= 4 is 5.78 Å². The molecule has 0 aromatic heterocycles. The topological polar surface area (TPSA) is 40.9 Å². The van der Waals surface area contributed by atoms with E-state index >= 15 is 0 Å². The number of benzene rings is 1. The third-order valence-corrected chi connectivity index (χ3v) is 2.66. The lowest BCUT2D eigenvalue weighted by atomic mass is 9.92. The van der Waals surface area contributed by atoms with Gasteiger partial charge in [0.1, 0.15) is 5.78 Å². The van der Waals surface area contributed by atoms with Gasteiger partial charge in [0.15, 0.2) is 0 Å². The van der Waals surface area contributed by atoms with E-state index in [-0.39, 0.29) is 6.07 Å². The molecule has 8 heteroatoms. The number of carbonyl (C=O) groups is 1. The molecule has 21 heavy (non-hydrogen) atoms. The van der Waals surface area contributed by atoms with E-state index in [0.717, 1.165) is 6.92 Å². The number of alkyl halides is 6. The van der Waals surface area contributed by atoms with Crippen molar-refractivity contribution in [2.24, 2.45) is 0 Å². The van der Waals surface area contributed by atoms with Crippen molar-refractivity contribution in [1.82, 2.24) is 0 Å². The number of halogens is 6. The van der Waals surface area contributed by atoms with Gasteiger partial charge in [-0.3, -0.25) is 4.79 Å². The molecule has 0 radical (unpaired) electrons. The minimum absolute atomic E-state index is 0.0221. The van der Waals surface area contributed by atoms with Crippen molar-refractivity contribution in [3.8, 4) is 6.07 Å². The summed E-state index contributed by atoms with van der Waals surface area (Å²) in [6.07, 6.45) is -10.4. The van der Waals surface area contributed by atoms with Crippen molar-refractivity contribution < 1.29 is 31.1 Å². The van der Waals surface area contributed by atoms with Gasteiger partial charge in [-0.1, -0.05) is 0 Å². The van der Waals surface area contributed by atoms with Crippen LogP contribution in [-0.4, -0.2) is 5.78 Å². The number of Topliss-reactive ketones (excluding diaryl/α,β-unsaturated/α-hetero) is 1. The summed E-state index contributed by atoms with van der Waals surface area (Å²) in [6, 6.07) is 2.46. The molecule has 0 heterocycles. The molecule has 0 fully saturated rings. The maximum atomic E-state index is 12.6. The number of nitrogens with zero attached hydrogens (tertiary/aromatic N) is 1. The Bertz CT molecular complexity index is 550. The van der Waals surface area contributed by atoms with Crippen LogP contribution in [0.25, 0.3) is 0 Å². The number of nitriles is 1. The molecule has 0 amide bonds. The van der Waals surface area contributed by atoms with Crippen LogP contribution >= 0.6 is 0 Å². The van der Waals surface area contributed by atoms with E-state index in [9.17, 15) is 31.1 Å². The minimum Gasteiger partial charge on any atom is -0.300 e. The van der Waals surface area contributed by atoms with E-state index in [2.05, 4.69) is 0 Å².